The molecule has 0 saturated carbocycles. The molecule has 2 heterocycles. The van der Waals surface area contributed by atoms with Gasteiger partial charge < -0.3 is 5.73 Å². The number of hydrogen-bond donors (Lipinski definition) is 1. The summed E-state index contributed by atoms with van der Waals surface area (Å²) in [5.74, 6) is 0.563. The highest BCUT2D eigenvalue weighted by atomic mass is 14.7. The van der Waals surface area contributed by atoms with Crippen LogP contribution in [-0.4, -0.2) is 16.5 Å². The van der Waals surface area contributed by atoms with Crippen LogP contribution >= 0.6 is 0 Å². The smallest absolute Gasteiger partial charge is 0.0406 e. The van der Waals surface area contributed by atoms with E-state index in [0.29, 0.717) is 5.92 Å². The molecule has 0 bridgehead atoms. The first-order chi connectivity index (χ1) is 9.38. The number of pyridine rings is 2. The van der Waals surface area contributed by atoms with Crippen LogP contribution in [0.2, 0.25) is 0 Å². The van der Waals surface area contributed by atoms with Gasteiger partial charge >= 0.3 is 0 Å². The Morgan fingerprint density at radius 1 is 0.895 bits per heavy atom. The molecule has 0 spiro atoms. The Bertz CT molecular complexity index is 414. The largest absolute Gasteiger partial charge is 0.330 e. The monoisotopic (exact) mass is 255 g/mol. The van der Waals surface area contributed by atoms with Gasteiger partial charge in [-0.1, -0.05) is 12.1 Å². The summed E-state index contributed by atoms with van der Waals surface area (Å²) < 4.78 is 0. The normalized spacial score (nSPS) is 10.8. The summed E-state index contributed by atoms with van der Waals surface area (Å²) in [7, 11) is 0. The van der Waals surface area contributed by atoms with Gasteiger partial charge in [0.15, 0.2) is 0 Å². The van der Waals surface area contributed by atoms with Crippen LogP contribution in [0, 0.1) is 5.92 Å². The van der Waals surface area contributed by atoms with Gasteiger partial charge in [-0.25, -0.2) is 0 Å². The second-order valence-corrected chi connectivity index (χ2v) is 4.85. The second-order valence-electron chi connectivity index (χ2n) is 4.85. The first kappa shape index (κ1) is 13.7. The second kappa shape index (κ2) is 7.64. The molecule has 0 saturated heterocycles. The summed E-state index contributed by atoms with van der Waals surface area (Å²) in [5, 5.41) is 0. The fraction of sp³-hybridized carbons (Fsp3) is 0.375. The van der Waals surface area contributed by atoms with E-state index in [-0.39, 0.29) is 0 Å². The van der Waals surface area contributed by atoms with Gasteiger partial charge in [-0.2, -0.15) is 0 Å². The molecule has 3 nitrogen and oxygen atoms in total. The number of nitrogens with zero attached hydrogens (tertiary/aromatic N) is 2. The Balaban J connectivity index is 1.99. The van der Waals surface area contributed by atoms with E-state index in [0.717, 1.165) is 43.6 Å². The molecule has 0 aliphatic carbocycles. The van der Waals surface area contributed by atoms with Crippen LogP contribution in [0.5, 0.6) is 0 Å². The predicted octanol–water partition coefficient (Wildman–Crippen LogP) is 2.62. The summed E-state index contributed by atoms with van der Waals surface area (Å²) >= 11 is 0. The lowest BCUT2D eigenvalue weighted by atomic mass is 9.92. The number of nitrogens with two attached hydrogens (primary N) is 1. The van der Waals surface area contributed by atoms with E-state index in [1.54, 1.807) is 0 Å². The summed E-state index contributed by atoms with van der Waals surface area (Å²) in [6.45, 7) is 0.751. The minimum Gasteiger partial charge on any atom is -0.330 e. The van der Waals surface area contributed by atoms with E-state index < -0.39 is 0 Å². The van der Waals surface area contributed by atoms with E-state index in [1.165, 1.54) is 0 Å². The maximum Gasteiger partial charge on any atom is 0.0406 e. The zero-order valence-corrected chi connectivity index (χ0v) is 11.2. The molecule has 19 heavy (non-hydrogen) atoms. The van der Waals surface area contributed by atoms with Crippen molar-refractivity contribution < 1.29 is 0 Å². The molecule has 0 aliphatic heterocycles. The minimum atomic E-state index is 0.563. The van der Waals surface area contributed by atoms with Gasteiger partial charge in [0.05, 0.1) is 0 Å². The minimum absolute atomic E-state index is 0.563. The van der Waals surface area contributed by atoms with Crippen molar-refractivity contribution in [2.45, 2.75) is 25.7 Å². The Morgan fingerprint density at radius 2 is 1.47 bits per heavy atom. The number of rotatable bonds is 7. The number of aromatic nitrogens is 2. The lowest BCUT2D eigenvalue weighted by Crippen LogP contribution is -2.12. The van der Waals surface area contributed by atoms with Crippen molar-refractivity contribution in [2.24, 2.45) is 11.7 Å². The van der Waals surface area contributed by atoms with E-state index in [4.69, 9.17) is 5.73 Å². The van der Waals surface area contributed by atoms with Crippen molar-refractivity contribution in [1.82, 2.24) is 9.97 Å². The molecule has 0 fully saturated rings. The highest BCUT2D eigenvalue weighted by Gasteiger charge is 2.11. The van der Waals surface area contributed by atoms with Crippen molar-refractivity contribution in [2.75, 3.05) is 6.54 Å². The van der Waals surface area contributed by atoms with Crippen LogP contribution in [0.15, 0.2) is 48.8 Å². The fourth-order valence-corrected chi connectivity index (χ4v) is 2.31. The van der Waals surface area contributed by atoms with Gasteiger partial charge in [-0.3, -0.25) is 9.97 Å². The van der Waals surface area contributed by atoms with Crippen LogP contribution in [0.3, 0.4) is 0 Å². The van der Waals surface area contributed by atoms with Gasteiger partial charge in [0.1, 0.15) is 0 Å². The van der Waals surface area contributed by atoms with E-state index in [9.17, 15) is 0 Å². The van der Waals surface area contributed by atoms with Crippen LogP contribution in [0.1, 0.15) is 24.2 Å². The number of hydrogen-bond acceptors (Lipinski definition) is 3. The third-order valence-corrected chi connectivity index (χ3v) is 3.26. The zero-order valence-electron chi connectivity index (χ0n) is 11.2. The molecular formula is C16H21N3. The summed E-state index contributed by atoms with van der Waals surface area (Å²) in [4.78, 5) is 8.83. The van der Waals surface area contributed by atoms with Crippen molar-refractivity contribution >= 4 is 0 Å². The Hall–Kier alpha value is -1.74. The van der Waals surface area contributed by atoms with Crippen molar-refractivity contribution in [1.29, 1.82) is 0 Å². The quantitative estimate of drug-likeness (QED) is 0.827. The molecule has 2 aromatic rings. The fourth-order valence-electron chi connectivity index (χ4n) is 2.31. The molecule has 0 amide bonds. The maximum absolute atomic E-state index is 5.63. The van der Waals surface area contributed by atoms with Gasteiger partial charge in [0.25, 0.3) is 0 Å². The summed E-state index contributed by atoms with van der Waals surface area (Å²) in [5.41, 5.74) is 7.94. The van der Waals surface area contributed by atoms with Gasteiger partial charge in [-0.15, -0.1) is 0 Å². The van der Waals surface area contributed by atoms with E-state index in [2.05, 4.69) is 22.1 Å². The average molecular weight is 255 g/mol. The molecule has 2 rings (SSSR count). The average Bonchev–Trinajstić information content (AvgIpc) is 2.47. The molecular weight excluding hydrogens is 234 g/mol. The molecule has 2 aromatic heterocycles. The van der Waals surface area contributed by atoms with Crippen molar-refractivity contribution in [3.63, 3.8) is 0 Å². The van der Waals surface area contributed by atoms with Crippen molar-refractivity contribution in [3.05, 3.63) is 60.2 Å². The third-order valence-electron chi connectivity index (χ3n) is 3.26. The topological polar surface area (TPSA) is 51.8 Å². The first-order valence-electron chi connectivity index (χ1n) is 6.88. The predicted molar refractivity (Wildman–Crippen MR) is 77.7 cm³/mol. The lowest BCUT2D eigenvalue weighted by Gasteiger charge is -2.15. The molecule has 3 heteroatoms. The highest BCUT2D eigenvalue weighted by Crippen LogP contribution is 2.17. The maximum atomic E-state index is 5.63. The Morgan fingerprint density at radius 3 is 1.89 bits per heavy atom. The van der Waals surface area contributed by atoms with Crippen LogP contribution < -0.4 is 5.73 Å². The Kier molecular flexibility index (Phi) is 5.50. The first-order valence-corrected chi connectivity index (χ1v) is 6.88. The van der Waals surface area contributed by atoms with Crippen LogP contribution in [0.4, 0.5) is 0 Å². The molecule has 2 N–H and O–H groups in total. The molecule has 0 aromatic carbocycles. The van der Waals surface area contributed by atoms with Crippen LogP contribution in [-0.2, 0) is 12.8 Å². The highest BCUT2D eigenvalue weighted by molar-refractivity contribution is 5.08. The lowest BCUT2D eigenvalue weighted by molar-refractivity contribution is 0.457. The molecule has 0 atom stereocenters. The van der Waals surface area contributed by atoms with Gasteiger partial charge in [0, 0.05) is 23.8 Å². The van der Waals surface area contributed by atoms with E-state index in [1.807, 2.05) is 36.7 Å². The molecule has 100 valence electrons. The molecule has 0 aliphatic rings. The van der Waals surface area contributed by atoms with Crippen LogP contribution in [0.25, 0.3) is 0 Å². The van der Waals surface area contributed by atoms with Gasteiger partial charge in [-0.05, 0) is 62.4 Å². The Labute approximate surface area is 114 Å². The third kappa shape index (κ3) is 4.79. The SMILES string of the molecule is NCCCC(Cc1ccccn1)Cc1ccccn1. The van der Waals surface area contributed by atoms with Gasteiger partial charge in [0.2, 0.25) is 0 Å². The van der Waals surface area contributed by atoms with Crippen molar-refractivity contribution in [3.8, 4) is 0 Å². The molecule has 0 radical (unpaired) electrons. The van der Waals surface area contributed by atoms with E-state index >= 15 is 0 Å². The summed E-state index contributed by atoms with van der Waals surface area (Å²) in [6.07, 6.45) is 7.90. The summed E-state index contributed by atoms with van der Waals surface area (Å²) in [6, 6.07) is 12.2. The zero-order chi connectivity index (χ0) is 13.3. The molecule has 0 unspecified atom stereocenters. The standard InChI is InChI=1S/C16H21N3/c17-9-5-6-14(12-15-7-1-3-10-18-15)13-16-8-2-4-11-19-16/h1-4,7-8,10-11,14H,5-6,9,12-13,17H2.